The fraction of sp³-hybridized carbons (Fsp3) is 0.412. The lowest BCUT2D eigenvalue weighted by atomic mass is 10.2. The minimum Gasteiger partial charge on any atom is -0.341 e. The van der Waals surface area contributed by atoms with E-state index in [0.717, 1.165) is 11.3 Å². The fourth-order valence-electron chi connectivity index (χ4n) is 2.54. The van der Waals surface area contributed by atoms with E-state index < -0.39 is 11.8 Å². The van der Waals surface area contributed by atoms with Gasteiger partial charge in [-0.25, -0.2) is 0 Å². The SMILES string of the molecule is CSc1ccc(C#N)cc1NC(=O)C(=O)N(C)CCN1CCCC1=O. The average molecular weight is 360 g/mol. The molecule has 0 radical (unpaired) electrons. The van der Waals surface area contributed by atoms with Gasteiger partial charge < -0.3 is 15.1 Å². The van der Waals surface area contributed by atoms with E-state index in [1.54, 1.807) is 23.1 Å². The highest BCUT2D eigenvalue weighted by Crippen LogP contribution is 2.26. The van der Waals surface area contributed by atoms with Crippen LogP contribution in [-0.4, -0.2) is 60.5 Å². The molecule has 1 aromatic carbocycles. The minimum absolute atomic E-state index is 0.0863. The molecule has 8 heteroatoms. The lowest BCUT2D eigenvalue weighted by molar-refractivity contribution is -0.142. The first-order chi connectivity index (χ1) is 12.0. The number of anilines is 1. The van der Waals surface area contributed by atoms with Crippen LogP contribution in [0.1, 0.15) is 18.4 Å². The molecule has 0 aliphatic carbocycles. The third-order valence-corrected chi connectivity index (χ3v) is 4.79. The van der Waals surface area contributed by atoms with Crippen LogP contribution in [0.3, 0.4) is 0 Å². The quantitative estimate of drug-likeness (QED) is 0.631. The van der Waals surface area contributed by atoms with E-state index >= 15 is 0 Å². The molecule has 3 amide bonds. The zero-order valence-electron chi connectivity index (χ0n) is 14.2. The Balaban J connectivity index is 1.96. The van der Waals surface area contributed by atoms with Crippen LogP contribution in [0.2, 0.25) is 0 Å². The van der Waals surface area contributed by atoms with Crippen molar-refractivity contribution in [2.45, 2.75) is 17.7 Å². The minimum atomic E-state index is -0.763. The van der Waals surface area contributed by atoms with E-state index in [4.69, 9.17) is 5.26 Å². The summed E-state index contributed by atoms with van der Waals surface area (Å²) in [5.41, 5.74) is 0.842. The number of carbonyl (C=O) groups is 3. The number of nitriles is 1. The Morgan fingerprint density at radius 2 is 2.20 bits per heavy atom. The van der Waals surface area contributed by atoms with Gasteiger partial charge in [0, 0.05) is 38.0 Å². The maximum Gasteiger partial charge on any atom is 0.313 e. The van der Waals surface area contributed by atoms with Gasteiger partial charge in [-0.05, 0) is 30.9 Å². The van der Waals surface area contributed by atoms with Crippen LogP contribution in [0.5, 0.6) is 0 Å². The van der Waals surface area contributed by atoms with Crippen molar-refractivity contribution in [3.05, 3.63) is 23.8 Å². The molecule has 0 aromatic heterocycles. The smallest absolute Gasteiger partial charge is 0.313 e. The molecule has 0 unspecified atom stereocenters. The summed E-state index contributed by atoms with van der Waals surface area (Å²) in [5, 5.41) is 11.5. The molecule has 1 aliphatic rings. The molecule has 1 saturated heterocycles. The predicted octanol–water partition coefficient (Wildman–Crippen LogP) is 1.30. The molecule has 0 saturated carbocycles. The number of benzene rings is 1. The molecule has 7 nitrogen and oxygen atoms in total. The van der Waals surface area contributed by atoms with E-state index in [0.29, 0.717) is 37.3 Å². The van der Waals surface area contributed by atoms with E-state index in [1.807, 2.05) is 12.3 Å². The Labute approximate surface area is 151 Å². The van der Waals surface area contributed by atoms with Crippen LogP contribution in [0, 0.1) is 11.3 Å². The summed E-state index contributed by atoms with van der Waals surface area (Å²) in [4.78, 5) is 39.8. The van der Waals surface area contributed by atoms with Gasteiger partial charge in [-0.2, -0.15) is 5.26 Å². The molecule has 0 spiro atoms. The van der Waals surface area contributed by atoms with Crippen molar-refractivity contribution < 1.29 is 14.4 Å². The number of likely N-dealkylation sites (N-methyl/N-ethyl adjacent to an activating group) is 1. The Morgan fingerprint density at radius 3 is 2.80 bits per heavy atom. The second-order valence-corrected chi connectivity index (χ2v) is 6.54. The summed E-state index contributed by atoms with van der Waals surface area (Å²) in [6.45, 7) is 1.42. The summed E-state index contributed by atoms with van der Waals surface area (Å²) >= 11 is 1.41. The maximum absolute atomic E-state index is 12.2. The number of hydrogen-bond donors (Lipinski definition) is 1. The van der Waals surface area contributed by atoms with E-state index in [1.165, 1.54) is 23.7 Å². The topological polar surface area (TPSA) is 93.5 Å². The van der Waals surface area contributed by atoms with Crippen molar-refractivity contribution in [3.63, 3.8) is 0 Å². The fourth-order valence-corrected chi connectivity index (χ4v) is 3.07. The van der Waals surface area contributed by atoms with E-state index in [9.17, 15) is 14.4 Å². The van der Waals surface area contributed by atoms with Crippen LogP contribution >= 0.6 is 11.8 Å². The molecule has 0 atom stereocenters. The van der Waals surface area contributed by atoms with Crippen LogP contribution in [0.4, 0.5) is 5.69 Å². The number of carbonyl (C=O) groups excluding carboxylic acids is 3. The summed E-state index contributed by atoms with van der Waals surface area (Å²) in [5.74, 6) is -1.36. The van der Waals surface area contributed by atoms with Gasteiger partial charge in [-0.3, -0.25) is 14.4 Å². The van der Waals surface area contributed by atoms with Gasteiger partial charge in [0.2, 0.25) is 5.91 Å². The molecule has 132 valence electrons. The van der Waals surface area contributed by atoms with Crippen LogP contribution in [0.15, 0.2) is 23.1 Å². The Bertz CT molecular complexity index is 729. The highest BCUT2D eigenvalue weighted by molar-refractivity contribution is 7.98. The molecule has 1 fully saturated rings. The van der Waals surface area contributed by atoms with Gasteiger partial charge in [0.1, 0.15) is 0 Å². The Morgan fingerprint density at radius 1 is 1.44 bits per heavy atom. The zero-order valence-corrected chi connectivity index (χ0v) is 15.1. The number of nitrogens with one attached hydrogen (secondary N) is 1. The third kappa shape index (κ3) is 4.73. The van der Waals surface area contributed by atoms with Crippen molar-refractivity contribution in [1.82, 2.24) is 9.80 Å². The lowest BCUT2D eigenvalue weighted by Crippen LogP contribution is -2.41. The molecule has 25 heavy (non-hydrogen) atoms. The van der Waals surface area contributed by atoms with Crippen molar-refractivity contribution in [2.75, 3.05) is 38.3 Å². The second kappa shape index (κ2) is 8.53. The molecule has 1 aromatic rings. The summed E-state index contributed by atoms with van der Waals surface area (Å²) in [6.07, 6.45) is 3.23. The highest BCUT2D eigenvalue weighted by atomic mass is 32.2. The third-order valence-electron chi connectivity index (χ3n) is 3.99. The summed E-state index contributed by atoms with van der Waals surface area (Å²) in [7, 11) is 1.53. The Kier molecular flexibility index (Phi) is 6.42. The number of likely N-dealkylation sites (tertiary alicyclic amines) is 1. The van der Waals surface area contributed by atoms with Gasteiger partial charge in [0.05, 0.1) is 17.3 Å². The molecule has 1 heterocycles. The normalized spacial score (nSPS) is 13.5. The summed E-state index contributed by atoms with van der Waals surface area (Å²) < 4.78 is 0. The predicted molar refractivity (Wildman–Crippen MR) is 95.0 cm³/mol. The van der Waals surface area contributed by atoms with Crippen molar-refractivity contribution in [3.8, 4) is 6.07 Å². The van der Waals surface area contributed by atoms with Crippen LogP contribution < -0.4 is 5.32 Å². The average Bonchev–Trinajstić information content (AvgIpc) is 3.03. The summed E-state index contributed by atoms with van der Waals surface area (Å²) in [6, 6.07) is 6.93. The standard InChI is InChI=1S/C17H20N4O3S/c1-20(8-9-21-7-3-4-15(21)22)17(24)16(23)19-13-10-12(11-18)5-6-14(13)25-2/h5-6,10H,3-4,7-9H2,1-2H3,(H,19,23). The van der Waals surface area contributed by atoms with Crippen molar-refractivity contribution in [2.24, 2.45) is 0 Å². The number of thioether (sulfide) groups is 1. The number of amides is 3. The molecule has 2 rings (SSSR count). The first-order valence-corrected chi connectivity index (χ1v) is 9.11. The van der Waals surface area contributed by atoms with Crippen LogP contribution in [0.25, 0.3) is 0 Å². The monoisotopic (exact) mass is 360 g/mol. The first-order valence-electron chi connectivity index (χ1n) is 7.88. The largest absolute Gasteiger partial charge is 0.341 e. The van der Waals surface area contributed by atoms with Gasteiger partial charge >= 0.3 is 11.8 Å². The van der Waals surface area contributed by atoms with Gasteiger partial charge in [0.15, 0.2) is 0 Å². The van der Waals surface area contributed by atoms with E-state index in [2.05, 4.69) is 5.32 Å². The number of rotatable bonds is 5. The maximum atomic E-state index is 12.2. The van der Waals surface area contributed by atoms with Crippen molar-refractivity contribution in [1.29, 1.82) is 5.26 Å². The zero-order chi connectivity index (χ0) is 18.4. The molecular weight excluding hydrogens is 340 g/mol. The number of hydrogen-bond acceptors (Lipinski definition) is 5. The Hall–Kier alpha value is -2.53. The molecule has 1 N–H and O–H groups in total. The molecular formula is C17H20N4O3S. The number of nitrogens with zero attached hydrogens (tertiary/aromatic N) is 3. The van der Waals surface area contributed by atoms with Gasteiger partial charge in [-0.1, -0.05) is 0 Å². The van der Waals surface area contributed by atoms with Gasteiger partial charge in [0.25, 0.3) is 0 Å². The highest BCUT2D eigenvalue weighted by Gasteiger charge is 2.23. The molecule has 1 aliphatic heterocycles. The van der Waals surface area contributed by atoms with Crippen LogP contribution in [-0.2, 0) is 14.4 Å². The second-order valence-electron chi connectivity index (χ2n) is 5.69. The van der Waals surface area contributed by atoms with Crippen molar-refractivity contribution >= 4 is 35.2 Å². The first kappa shape index (κ1) is 18.8. The lowest BCUT2D eigenvalue weighted by Gasteiger charge is -2.21. The van der Waals surface area contributed by atoms with E-state index in [-0.39, 0.29) is 5.91 Å². The molecule has 0 bridgehead atoms. The van der Waals surface area contributed by atoms with Gasteiger partial charge in [-0.15, -0.1) is 11.8 Å².